The largest absolute Gasteiger partial charge is 0.496 e. The van der Waals surface area contributed by atoms with Gasteiger partial charge in [0.1, 0.15) is 5.75 Å². The normalized spacial score (nSPS) is 21.9. The van der Waals surface area contributed by atoms with E-state index >= 15 is 0 Å². The second-order valence-electron chi connectivity index (χ2n) is 5.15. The number of rotatable bonds is 7. The Kier molecular flexibility index (Phi) is 5.21. The Morgan fingerprint density at radius 2 is 2.00 bits per heavy atom. The minimum atomic E-state index is -3.51. The molecule has 0 aliphatic heterocycles. The van der Waals surface area contributed by atoms with Crippen LogP contribution in [-0.2, 0) is 21.3 Å². The molecular weight excluding hydrogens is 292 g/mol. The van der Waals surface area contributed by atoms with Crippen molar-refractivity contribution in [1.29, 1.82) is 0 Å². The van der Waals surface area contributed by atoms with E-state index < -0.39 is 10.0 Å². The molecule has 6 nitrogen and oxygen atoms in total. The molecule has 0 unspecified atom stereocenters. The molecule has 2 N–H and O–H groups in total. The molecule has 1 aromatic carbocycles. The zero-order chi connectivity index (χ0) is 15.5. The topological polar surface area (TPSA) is 76.7 Å². The highest BCUT2D eigenvalue weighted by Gasteiger charge is 2.32. The van der Waals surface area contributed by atoms with E-state index in [1.165, 1.54) is 0 Å². The Morgan fingerprint density at radius 3 is 2.57 bits per heavy atom. The van der Waals surface area contributed by atoms with Gasteiger partial charge < -0.3 is 14.8 Å². The summed E-state index contributed by atoms with van der Waals surface area (Å²) in [6.45, 7) is 0.543. The molecule has 0 spiro atoms. The molecule has 0 atom stereocenters. The maximum atomic E-state index is 12.4. The van der Waals surface area contributed by atoms with E-state index in [-0.39, 0.29) is 17.0 Å². The summed E-state index contributed by atoms with van der Waals surface area (Å²) >= 11 is 0. The standard InChI is InChI=1S/C14H22N2O4S/c1-15-9-10-6-13(4-5-14(10)20-3)21(17,18)16-11-7-12(8-11)19-2/h4-6,11-12,15-16H,7-9H2,1-3H3. The van der Waals surface area contributed by atoms with Gasteiger partial charge in [-0.2, -0.15) is 0 Å². The number of hydrogen-bond acceptors (Lipinski definition) is 5. The predicted octanol–water partition coefficient (Wildman–Crippen LogP) is 0.870. The average molecular weight is 314 g/mol. The molecule has 1 fully saturated rings. The third-order valence-corrected chi connectivity index (χ3v) is 5.20. The van der Waals surface area contributed by atoms with E-state index in [0.717, 1.165) is 18.4 Å². The van der Waals surface area contributed by atoms with Gasteiger partial charge in [0, 0.05) is 25.3 Å². The van der Waals surface area contributed by atoms with Crippen LogP contribution in [0.25, 0.3) is 0 Å². The van der Waals surface area contributed by atoms with E-state index in [9.17, 15) is 8.42 Å². The van der Waals surface area contributed by atoms with Gasteiger partial charge in [-0.1, -0.05) is 0 Å². The van der Waals surface area contributed by atoms with Gasteiger partial charge in [-0.15, -0.1) is 0 Å². The molecule has 0 aromatic heterocycles. The van der Waals surface area contributed by atoms with Crippen LogP contribution in [0.4, 0.5) is 0 Å². The molecule has 1 aliphatic rings. The molecule has 1 saturated carbocycles. The van der Waals surface area contributed by atoms with E-state index in [4.69, 9.17) is 9.47 Å². The third kappa shape index (κ3) is 3.74. The van der Waals surface area contributed by atoms with Gasteiger partial charge >= 0.3 is 0 Å². The van der Waals surface area contributed by atoms with Crippen LogP contribution in [0, 0.1) is 0 Å². The maximum absolute atomic E-state index is 12.4. The maximum Gasteiger partial charge on any atom is 0.240 e. The second kappa shape index (κ2) is 6.74. The SMILES string of the molecule is CNCc1cc(S(=O)(=O)NC2CC(OC)C2)ccc1OC. The lowest BCUT2D eigenvalue weighted by atomic mass is 9.90. The summed E-state index contributed by atoms with van der Waals surface area (Å²) in [7, 11) is 1.51. The summed E-state index contributed by atoms with van der Waals surface area (Å²) in [5.74, 6) is 0.673. The lowest BCUT2D eigenvalue weighted by Gasteiger charge is -2.34. The van der Waals surface area contributed by atoms with Gasteiger partial charge in [-0.25, -0.2) is 13.1 Å². The highest BCUT2D eigenvalue weighted by Crippen LogP contribution is 2.26. The van der Waals surface area contributed by atoms with E-state index in [0.29, 0.717) is 12.3 Å². The molecule has 0 bridgehead atoms. The van der Waals surface area contributed by atoms with Crippen LogP contribution < -0.4 is 14.8 Å². The van der Waals surface area contributed by atoms with Crippen LogP contribution in [0.3, 0.4) is 0 Å². The molecular formula is C14H22N2O4S. The fourth-order valence-corrected chi connectivity index (χ4v) is 3.70. The molecule has 7 heteroatoms. The molecule has 0 amide bonds. The van der Waals surface area contributed by atoms with Crippen molar-refractivity contribution < 1.29 is 17.9 Å². The van der Waals surface area contributed by atoms with Crippen molar-refractivity contribution >= 4 is 10.0 Å². The van der Waals surface area contributed by atoms with Crippen molar-refractivity contribution in [2.75, 3.05) is 21.3 Å². The second-order valence-corrected chi connectivity index (χ2v) is 6.87. The lowest BCUT2D eigenvalue weighted by Crippen LogP contribution is -2.47. The lowest BCUT2D eigenvalue weighted by molar-refractivity contribution is 0.0236. The molecule has 0 heterocycles. The van der Waals surface area contributed by atoms with Crippen LogP contribution >= 0.6 is 0 Å². The average Bonchev–Trinajstić information content (AvgIpc) is 2.42. The fraction of sp³-hybridized carbons (Fsp3) is 0.571. The van der Waals surface area contributed by atoms with Crippen molar-refractivity contribution in [3.63, 3.8) is 0 Å². The number of hydrogen-bond donors (Lipinski definition) is 2. The first-order valence-electron chi connectivity index (χ1n) is 6.86. The first kappa shape index (κ1) is 16.2. The fourth-order valence-electron chi connectivity index (χ4n) is 2.39. The highest BCUT2D eigenvalue weighted by molar-refractivity contribution is 7.89. The smallest absolute Gasteiger partial charge is 0.240 e. The summed E-state index contributed by atoms with van der Waals surface area (Å²) in [5, 5.41) is 3.00. The van der Waals surface area contributed by atoms with Gasteiger partial charge in [-0.3, -0.25) is 0 Å². The summed E-state index contributed by atoms with van der Waals surface area (Å²) in [6.07, 6.45) is 1.60. The predicted molar refractivity (Wildman–Crippen MR) is 79.9 cm³/mol. The Morgan fingerprint density at radius 1 is 1.29 bits per heavy atom. The number of ether oxygens (including phenoxy) is 2. The van der Waals surface area contributed by atoms with Gasteiger partial charge in [0.2, 0.25) is 10.0 Å². The summed E-state index contributed by atoms with van der Waals surface area (Å²) < 4.78 is 37.9. The van der Waals surface area contributed by atoms with Crippen LogP contribution in [0.15, 0.2) is 23.1 Å². The number of methoxy groups -OCH3 is 2. The zero-order valence-electron chi connectivity index (χ0n) is 12.5. The molecule has 1 aliphatic carbocycles. The Balaban J connectivity index is 2.14. The highest BCUT2D eigenvalue weighted by atomic mass is 32.2. The van der Waals surface area contributed by atoms with Crippen molar-refractivity contribution in [3.05, 3.63) is 23.8 Å². The molecule has 21 heavy (non-hydrogen) atoms. The number of benzene rings is 1. The Labute approximate surface area is 125 Å². The van der Waals surface area contributed by atoms with E-state index in [2.05, 4.69) is 10.0 Å². The first-order chi connectivity index (χ1) is 10.00. The number of sulfonamides is 1. The van der Waals surface area contributed by atoms with Gasteiger partial charge in [0.05, 0.1) is 18.1 Å². The van der Waals surface area contributed by atoms with Crippen molar-refractivity contribution in [2.45, 2.75) is 36.4 Å². The third-order valence-electron chi connectivity index (χ3n) is 3.68. The monoisotopic (exact) mass is 314 g/mol. The molecule has 0 radical (unpaired) electrons. The van der Waals surface area contributed by atoms with E-state index in [1.54, 1.807) is 39.5 Å². The van der Waals surface area contributed by atoms with Crippen molar-refractivity contribution in [1.82, 2.24) is 10.0 Å². The molecule has 2 rings (SSSR count). The Hall–Kier alpha value is -1.15. The van der Waals surface area contributed by atoms with Crippen LogP contribution in [-0.4, -0.2) is 41.8 Å². The van der Waals surface area contributed by atoms with Crippen molar-refractivity contribution in [2.24, 2.45) is 0 Å². The minimum absolute atomic E-state index is 0.0465. The van der Waals surface area contributed by atoms with Crippen molar-refractivity contribution in [3.8, 4) is 5.75 Å². The zero-order valence-corrected chi connectivity index (χ0v) is 13.4. The van der Waals surface area contributed by atoms with Crippen LogP contribution in [0.2, 0.25) is 0 Å². The minimum Gasteiger partial charge on any atom is -0.496 e. The quantitative estimate of drug-likeness (QED) is 0.781. The van der Waals surface area contributed by atoms with Crippen LogP contribution in [0.1, 0.15) is 18.4 Å². The number of nitrogens with one attached hydrogen (secondary N) is 2. The summed E-state index contributed by atoms with van der Waals surface area (Å²) in [5.41, 5.74) is 0.811. The Bertz CT molecular complexity index is 583. The van der Waals surface area contributed by atoms with Gasteiger partial charge in [0.15, 0.2) is 0 Å². The van der Waals surface area contributed by atoms with Gasteiger partial charge in [0.25, 0.3) is 0 Å². The molecule has 0 saturated heterocycles. The molecule has 118 valence electrons. The van der Waals surface area contributed by atoms with Crippen LogP contribution in [0.5, 0.6) is 5.75 Å². The summed E-state index contributed by atoms with van der Waals surface area (Å²) in [6, 6.07) is 4.84. The summed E-state index contributed by atoms with van der Waals surface area (Å²) in [4.78, 5) is 0.259. The first-order valence-corrected chi connectivity index (χ1v) is 8.35. The van der Waals surface area contributed by atoms with E-state index in [1.807, 2.05) is 0 Å². The molecule has 1 aromatic rings. The van der Waals surface area contributed by atoms with Gasteiger partial charge in [-0.05, 0) is 38.1 Å².